The minimum absolute atomic E-state index is 0.274. The molecule has 1 aliphatic carbocycles. The van der Waals surface area contributed by atoms with E-state index in [0.29, 0.717) is 27.6 Å². The molecule has 2 aromatic rings. The fraction of sp³-hybridized carbons (Fsp3) is 0.278. The first-order chi connectivity index (χ1) is 12.4. The summed E-state index contributed by atoms with van der Waals surface area (Å²) in [5, 5.41) is 6.58. The van der Waals surface area contributed by atoms with E-state index < -0.39 is 18.0 Å². The minimum Gasteiger partial charge on any atom is -0.449 e. The number of carbonyl (C=O) groups is 2. The summed E-state index contributed by atoms with van der Waals surface area (Å²) in [4.78, 5) is 28.5. The summed E-state index contributed by atoms with van der Waals surface area (Å²) in [6.07, 6.45) is 2.69. The predicted octanol–water partition coefficient (Wildman–Crippen LogP) is 4.15. The highest BCUT2D eigenvalue weighted by Gasteiger charge is 2.22. The molecule has 0 bridgehead atoms. The molecule has 1 aromatic heterocycles. The molecular formula is C18H17Cl2N3O3. The lowest BCUT2D eigenvalue weighted by Gasteiger charge is -2.14. The van der Waals surface area contributed by atoms with Crippen molar-refractivity contribution in [3.05, 3.63) is 52.1 Å². The van der Waals surface area contributed by atoms with Crippen LogP contribution in [-0.2, 0) is 9.53 Å². The maximum Gasteiger partial charge on any atom is 0.340 e. The van der Waals surface area contributed by atoms with Gasteiger partial charge < -0.3 is 15.4 Å². The minimum atomic E-state index is -1.00. The standard InChI is InChI=1S/C18H17Cl2N3O3/c1-10(17(24)23-15-6-3-12(19)8-14(15)20)26-18(25)11-2-7-16(21-9-11)22-13-4-5-13/h2-3,6-10,13H,4-5H2,1H3,(H,21,22)(H,23,24). The number of carbonyl (C=O) groups excluding carboxylic acids is 2. The quantitative estimate of drug-likeness (QED) is 0.720. The number of nitrogens with one attached hydrogen (secondary N) is 2. The van der Waals surface area contributed by atoms with E-state index in [0.717, 1.165) is 12.8 Å². The van der Waals surface area contributed by atoms with Crippen molar-refractivity contribution in [3.8, 4) is 0 Å². The number of amides is 1. The molecule has 26 heavy (non-hydrogen) atoms. The molecule has 1 fully saturated rings. The highest BCUT2D eigenvalue weighted by atomic mass is 35.5. The second kappa shape index (κ2) is 7.93. The molecule has 0 radical (unpaired) electrons. The van der Waals surface area contributed by atoms with E-state index >= 15 is 0 Å². The van der Waals surface area contributed by atoms with Crippen LogP contribution >= 0.6 is 23.2 Å². The SMILES string of the molecule is CC(OC(=O)c1ccc(NC2CC2)nc1)C(=O)Nc1ccc(Cl)cc1Cl. The highest BCUT2D eigenvalue weighted by molar-refractivity contribution is 6.36. The van der Waals surface area contributed by atoms with Crippen LogP contribution in [0.15, 0.2) is 36.5 Å². The lowest BCUT2D eigenvalue weighted by Crippen LogP contribution is -2.30. The Morgan fingerprint density at radius 2 is 2.00 bits per heavy atom. The van der Waals surface area contributed by atoms with Crippen molar-refractivity contribution in [1.82, 2.24) is 4.98 Å². The monoisotopic (exact) mass is 393 g/mol. The topological polar surface area (TPSA) is 80.3 Å². The number of hydrogen-bond acceptors (Lipinski definition) is 5. The van der Waals surface area contributed by atoms with Crippen LogP contribution in [0.4, 0.5) is 11.5 Å². The van der Waals surface area contributed by atoms with E-state index in [1.54, 1.807) is 24.3 Å². The molecule has 1 unspecified atom stereocenters. The Morgan fingerprint density at radius 1 is 1.23 bits per heavy atom. The van der Waals surface area contributed by atoms with E-state index in [-0.39, 0.29) is 5.56 Å². The fourth-order valence-corrected chi connectivity index (χ4v) is 2.60. The number of hydrogen-bond donors (Lipinski definition) is 2. The smallest absolute Gasteiger partial charge is 0.340 e. The van der Waals surface area contributed by atoms with Gasteiger partial charge in [0, 0.05) is 17.3 Å². The van der Waals surface area contributed by atoms with Gasteiger partial charge in [-0.1, -0.05) is 23.2 Å². The van der Waals surface area contributed by atoms with Crippen molar-refractivity contribution in [1.29, 1.82) is 0 Å². The molecule has 6 nitrogen and oxygen atoms in total. The van der Waals surface area contributed by atoms with Crippen molar-refractivity contribution < 1.29 is 14.3 Å². The molecule has 3 rings (SSSR count). The lowest BCUT2D eigenvalue weighted by molar-refractivity contribution is -0.123. The van der Waals surface area contributed by atoms with Gasteiger partial charge in [0.2, 0.25) is 0 Å². The maximum atomic E-state index is 12.2. The summed E-state index contributed by atoms with van der Waals surface area (Å²) < 4.78 is 5.19. The van der Waals surface area contributed by atoms with E-state index in [9.17, 15) is 9.59 Å². The molecule has 1 aliphatic rings. The van der Waals surface area contributed by atoms with Gasteiger partial charge in [-0.15, -0.1) is 0 Å². The number of pyridine rings is 1. The Labute approximate surface area is 160 Å². The van der Waals surface area contributed by atoms with E-state index in [4.69, 9.17) is 27.9 Å². The Kier molecular flexibility index (Phi) is 5.64. The maximum absolute atomic E-state index is 12.2. The van der Waals surface area contributed by atoms with Gasteiger partial charge in [-0.3, -0.25) is 4.79 Å². The van der Waals surface area contributed by atoms with Gasteiger partial charge in [0.05, 0.1) is 16.3 Å². The van der Waals surface area contributed by atoms with Gasteiger partial charge in [-0.25, -0.2) is 9.78 Å². The summed E-state index contributed by atoms with van der Waals surface area (Å²) in [5.74, 6) is -0.407. The van der Waals surface area contributed by atoms with Gasteiger partial charge in [0.15, 0.2) is 6.10 Å². The van der Waals surface area contributed by atoms with Crippen molar-refractivity contribution in [2.75, 3.05) is 10.6 Å². The molecule has 1 heterocycles. The number of esters is 1. The van der Waals surface area contributed by atoms with E-state index in [2.05, 4.69) is 15.6 Å². The van der Waals surface area contributed by atoms with Crippen LogP contribution in [0, 0.1) is 0 Å². The highest BCUT2D eigenvalue weighted by Crippen LogP contribution is 2.26. The average molecular weight is 394 g/mol. The third kappa shape index (κ3) is 4.86. The summed E-state index contributed by atoms with van der Waals surface area (Å²) >= 11 is 11.8. The fourth-order valence-electron chi connectivity index (χ4n) is 2.14. The molecule has 1 amide bonds. The first-order valence-electron chi connectivity index (χ1n) is 8.12. The van der Waals surface area contributed by atoms with Crippen LogP contribution in [0.5, 0.6) is 0 Å². The van der Waals surface area contributed by atoms with Gasteiger partial charge in [-0.2, -0.15) is 0 Å². The van der Waals surface area contributed by atoms with Crippen molar-refractivity contribution >= 4 is 46.6 Å². The first-order valence-corrected chi connectivity index (χ1v) is 8.87. The number of nitrogens with zero attached hydrogens (tertiary/aromatic N) is 1. The lowest BCUT2D eigenvalue weighted by atomic mass is 10.2. The molecular weight excluding hydrogens is 377 g/mol. The number of halogens is 2. The third-order valence-electron chi connectivity index (χ3n) is 3.77. The second-order valence-corrected chi connectivity index (χ2v) is 6.86. The zero-order valence-corrected chi connectivity index (χ0v) is 15.5. The van der Waals surface area contributed by atoms with Crippen LogP contribution < -0.4 is 10.6 Å². The Morgan fingerprint density at radius 3 is 2.62 bits per heavy atom. The molecule has 0 saturated heterocycles. The Bertz CT molecular complexity index is 823. The summed E-state index contributed by atoms with van der Waals surface area (Å²) in [7, 11) is 0. The summed E-state index contributed by atoms with van der Waals surface area (Å²) in [6.45, 7) is 1.48. The van der Waals surface area contributed by atoms with Crippen molar-refractivity contribution in [2.24, 2.45) is 0 Å². The van der Waals surface area contributed by atoms with Gasteiger partial charge in [0.25, 0.3) is 5.91 Å². The molecule has 136 valence electrons. The normalized spacial score (nSPS) is 14.4. The first kappa shape index (κ1) is 18.5. The van der Waals surface area contributed by atoms with Crippen LogP contribution in [-0.4, -0.2) is 29.0 Å². The van der Waals surface area contributed by atoms with Crippen LogP contribution in [0.1, 0.15) is 30.1 Å². The largest absolute Gasteiger partial charge is 0.449 e. The molecule has 0 spiro atoms. The summed E-state index contributed by atoms with van der Waals surface area (Å²) in [6, 6.07) is 8.49. The van der Waals surface area contributed by atoms with E-state index in [1.165, 1.54) is 19.2 Å². The summed E-state index contributed by atoms with van der Waals surface area (Å²) in [5.41, 5.74) is 0.664. The number of ether oxygens (including phenoxy) is 1. The van der Waals surface area contributed by atoms with Crippen molar-refractivity contribution in [2.45, 2.75) is 31.9 Å². The molecule has 1 saturated carbocycles. The average Bonchev–Trinajstić information content (AvgIpc) is 3.41. The second-order valence-electron chi connectivity index (χ2n) is 6.01. The Balaban J connectivity index is 1.56. The third-order valence-corrected chi connectivity index (χ3v) is 4.32. The van der Waals surface area contributed by atoms with Gasteiger partial charge >= 0.3 is 5.97 Å². The molecule has 8 heteroatoms. The molecule has 1 aromatic carbocycles. The number of benzene rings is 1. The van der Waals surface area contributed by atoms with E-state index in [1.807, 2.05) is 0 Å². The van der Waals surface area contributed by atoms with Gasteiger partial charge in [-0.05, 0) is 50.1 Å². The van der Waals surface area contributed by atoms with Crippen LogP contribution in [0.3, 0.4) is 0 Å². The van der Waals surface area contributed by atoms with Crippen LogP contribution in [0.2, 0.25) is 10.0 Å². The number of anilines is 2. The molecule has 0 aliphatic heterocycles. The van der Waals surface area contributed by atoms with Crippen LogP contribution in [0.25, 0.3) is 0 Å². The van der Waals surface area contributed by atoms with Crippen molar-refractivity contribution in [3.63, 3.8) is 0 Å². The zero-order chi connectivity index (χ0) is 18.7. The predicted molar refractivity (Wildman–Crippen MR) is 101 cm³/mol. The van der Waals surface area contributed by atoms with Gasteiger partial charge in [0.1, 0.15) is 5.82 Å². The Hall–Kier alpha value is -2.31. The molecule has 2 N–H and O–H groups in total. The number of aromatic nitrogens is 1. The number of rotatable bonds is 6. The molecule has 1 atom stereocenters. The zero-order valence-electron chi connectivity index (χ0n) is 14.0.